The summed E-state index contributed by atoms with van der Waals surface area (Å²) < 4.78 is 0. The van der Waals surface area contributed by atoms with E-state index < -0.39 is 0 Å². The number of hydrogen-bond acceptors (Lipinski definition) is 1. The molecule has 1 aromatic rings. The highest BCUT2D eigenvalue weighted by Gasteiger charge is 2.61. The highest BCUT2D eigenvalue weighted by molar-refractivity contribution is 6.30. The molecule has 0 heterocycles. The van der Waals surface area contributed by atoms with Gasteiger partial charge in [0, 0.05) is 17.1 Å². The number of hydrogen-bond donors (Lipinski definition) is 1. The van der Waals surface area contributed by atoms with E-state index in [9.17, 15) is 0 Å². The Balaban J connectivity index is 1.78. The first-order valence-corrected chi connectivity index (χ1v) is 8.78. The molecular formula is C19H28ClN. The Kier molecular flexibility index (Phi) is 3.86. The Labute approximate surface area is 134 Å². The van der Waals surface area contributed by atoms with E-state index in [0.717, 1.165) is 17.4 Å². The summed E-state index contributed by atoms with van der Waals surface area (Å²) in [5.74, 6) is 0.891. The first-order valence-electron chi connectivity index (χ1n) is 8.40. The minimum absolute atomic E-state index is 0.442. The molecule has 4 atom stereocenters. The van der Waals surface area contributed by atoms with Gasteiger partial charge in [-0.1, -0.05) is 51.4 Å². The van der Waals surface area contributed by atoms with Gasteiger partial charge in [0.1, 0.15) is 0 Å². The van der Waals surface area contributed by atoms with Crippen LogP contribution in [0.2, 0.25) is 5.02 Å². The summed E-state index contributed by atoms with van der Waals surface area (Å²) in [5, 5.41) is 4.81. The molecule has 21 heavy (non-hydrogen) atoms. The van der Waals surface area contributed by atoms with Crippen molar-refractivity contribution in [2.45, 2.75) is 65.5 Å². The standard InChI is InChI=1S/C19H28ClN/c1-5-16(13-6-8-15(20)9-7-13)21-17-12-14-10-11-19(17,4)18(14,2)3/h6-9,14,16-17,21H,5,10-12H2,1-4H3. The number of halogens is 1. The van der Waals surface area contributed by atoms with Gasteiger partial charge in [-0.3, -0.25) is 0 Å². The summed E-state index contributed by atoms with van der Waals surface area (Å²) in [6.07, 6.45) is 5.26. The highest BCUT2D eigenvalue weighted by Crippen LogP contribution is 2.65. The second-order valence-electron chi connectivity index (χ2n) is 7.84. The third kappa shape index (κ3) is 2.33. The zero-order valence-electron chi connectivity index (χ0n) is 13.7. The van der Waals surface area contributed by atoms with Crippen LogP contribution >= 0.6 is 11.6 Å². The first-order chi connectivity index (χ1) is 9.88. The highest BCUT2D eigenvalue weighted by atomic mass is 35.5. The predicted molar refractivity (Wildman–Crippen MR) is 90.6 cm³/mol. The van der Waals surface area contributed by atoms with Crippen molar-refractivity contribution in [3.05, 3.63) is 34.9 Å². The average Bonchev–Trinajstić information content (AvgIpc) is 2.79. The van der Waals surface area contributed by atoms with Crippen LogP contribution in [0.3, 0.4) is 0 Å². The van der Waals surface area contributed by atoms with Gasteiger partial charge in [0.05, 0.1) is 0 Å². The molecule has 0 spiro atoms. The van der Waals surface area contributed by atoms with Crippen molar-refractivity contribution < 1.29 is 0 Å². The van der Waals surface area contributed by atoms with Crippen molar-refractivity contribution in [2.24, 2.45) is 16.7 Å². The minimum Gasteiger partial charge on any atom is -0.307 e. The summed E-state index contributed by atoms with van der Waals surface area (Å²) >= 11 is 6.02. The number of fused-ring (bicyclic) bond motifs is 2. The molecule has 0 aliphatic heterocycles. The molecule has 2 aliphatic carbocycles. The van der Waals surface area contributed by atoms with Gasteiger partial charge in [-0.25, -0.2) is 0 Å². The molecule has 1 N–H and O–H groups in total. The maximum Gasteiger partial charge on any atom is 0.0406 e. The van der Waals surface area contributed by atoms with Crippen LogP contribution in [-0.2, 0) is 0 Å². The van der Waals surface area contributed by atoms with E-state index in [4.69, 9.17) is 11.6 Å². The van der Waals surface area contributed by atoms with Gasteiger partial charge in [0.25, 0.3) is 0 Å². The quantitative estimate of drug-likeness (QED) is 0.764. The van der Waals surface area contributed by atoms with Crippen LogP contribution in [0.1, 0.15) is 65.0 Å². The lowest BCUT2D eigenvalue weighted by Gasteiger charge is -2.41. The lowest BCUT2D eigenvalue weighted by atomic mass is 9.69. The Hall–Kier alpha value is -0.530. The Bertz CT molecular complexity index is 507. The molecule has 0 saturated heterocycles. The van der Waals surface area contributed by atoms with Crippen LogP contribution in [0.4, 0.5) is 0 Å². The van der Waals surface area contributed by atoms with Crippen molar-refractivity contribution in [1.82, 2.24) is 5.32 Å². The molecule has 0 amide bonds. The van der Waals surface area contributed by atoms with E-state index in [1.165, 1.54) is 24.8 Å². The largest absolute Gasteiger partial charge is 0.307 e. The van der Waals surface area contributed by atoms with E-state index in [2.05, 4.69) is 45.1 Å². The van der Waals surface area contributed by atoms with Gasteiger partial charge in [0.2, 0.25) is 0 Å². The Morgan fingerprint density at radius 3 is 2.38 bits per heavy atom. The molecule has 2 bridgehead atoms. The number of nitrogens with one attached hydrogen (secondary N) is 1. The third-order valence-corrected chi connectivity index (χ3v) is 7.13. The van der Waals surface area contributed by atoms with E-state index >= 15 is 0 Å². The normalized spacial score (nSPS) is 35.1. The van der Waals surface area contributed by atoms with Gasteiger partial charge in [-0.2, -0.15) is 0 Å². The van der Waals surface area contributed by atoms with E-state index in [1.54, 1.807) is 0 Å². The van der Waals surface area contributed by atoms with Crippen LogP contribution in [0, 0.1) is 16.7 Å². The summed E-state index contributed by atoms with van der Waals surface area (Å²) in [6, 6.07) is 9.45. The fourth-order valence-electron chi connectivity index (χ4n) is 4.84. The molecule has 2 saturated carbocycles. The first kappa shape index (κ1) is 15.4. The topological polar surface area (TPSA) is 12.0 Å². The van der Waals surface area contributed by atoms with Crippen molar-refractivity contribution in [3.8, 4) is 0 Å². The predicted octanol–water partition coefficient (Wildman–Crippen LogP) is 5.60. The molecule has 2 aliphatic rings. The molecular weight excluding hydrogens is 278 g/mol. The maximum absolute atomic E-state index is 6.02. The summed E-state index contributed by atoms with van der Waals surface area (Å²) in [5.41, 5.74) is 2.28. The van der Waals surface area contributed by atoms with Crippen LogP contribution in [-0.4, -0.2) is 6.04 Å². The van der Waals surface area contributed by atoms with Crippen molar-refractivity contribution in [3.63, 3.8) is 0 Å². The van der Waals surface area contributed by atoms with Gasteiger partial charge in [-0.15, -0.1) is 0 Å². The SMILES string of the molecule is CCC(NC1CC2CCC1(C)C2(C)C)c1ccc(Cl)cc1. The monoisotopic (exact) mass is 305 g/mol. The molecule has 2 fully saturated rings. The maximum atomic E-state index is 6.02. The molecule has 1 nitrogen and oxygen atoms in total. The van der Waals surface area contributed by atoms with Crippen molar-refractivity contribution in [1.29, 1.82) is 0 Å². The molecule has 116 valence electrons. The molecule has 0 aromatic heterocycles. The molecule has 3 rings (SSSR count). The summed E-state index contributed by atoms with van der Waals surface area (Å²) in [4.78, 5) is 0. The molecule has 1 aromatic carbocycles. The lowest BCUT2D eigenvalue weighted by molar-refractivity contribution is 0.114. The van der Waals surface area contributed by atoms with Crippen molar-refractivity contribution in [2.75, 3.05) is 0 Å². The van der Waals surface area contributed by atoms with Gasteiger partial charge >= 0.3 is 0 Å². The molecule has 2 heteroatoms. The molecule has 0 radical (unpaired) electrons. The fraction of sp³-hybridized carbons (Fsp3) is 0.684. The van der Waals surface area contributed by atoms with E-state index in [-0.39, 0.29) is 0 Å². The smallest absolute Gasteiger partial charge is 0.0406 e. The Morgan fingerprint density at radius 2 is 1.90 bits per heavy atom. The Morgan fingerprint density at radius 1 is 1.24 bits per heavy atom. The second-order valence-corrected chi connectivity index (χ2v) is 8.28. The zero-order valence-corrected chi connectivity index (χ0v) is 14.5. The van der Waals surface area contributed by atoms with Crippen LogP contribution in [0.15, 0.2) is 24.3 Å². The van der Waals surface area contributed by atoms with Crippen molar-refractivity contribution >= 4 is 11.6 Å². The van der Waals surface area contributed by atoms with Gasteiger partial charge in [-0.05, 0) is 60.1 Å². The van der Waals surface area contributed by atoms with Crippen LogP contribution < -0.4 is 5.32 Å². The van der Waals surface area contributed by atoms with Gasteiger partial charge < -0.3 is 5.32 Å². The van der Waals surface area contributed by atoms with Crippen LogP contribution in [0.5, 0.6) is 0 Å². The van der Waals surface area contributed by atoms with Crippen LogP contribution in [0.25, 0.3) is 0 Å². The third-order valence-electron chi connectivity index (χ3n) is 6.88. The summed E-state index contributed by atoms with van der Waals surface area (Å²) in [6.45, 7) is 9.74. The lowest BCUT2D eigenvalue weighted by Crippen LogP contribution is -2.45. The summed E-state index contributed by atoms with van der Waals surface area (Å²) in [7, 11) is 0. The van der Waals surface area contributed by atoms with E-state index in [1.807, 2.05) is 12.1 Å². The van der Waals surface area contributed by atoms with Gasteiger partial charge in [0.15, 0.2) is 0 Å². The fourth-order valence-corrected chi connectivity index (χ4v) is 4.97. The molecule has 4 unspecified atom stereocenters. The average molecular weight is 306 g/mol. The second kappa shape index (κ2) is 5.28. The van der Waals surface area contributed by atoms with E-state index in [0.29, 0.717) is 22.9 Å². The zero-order chi connectivity index (χ0) is 15.3. The number of rotatable bonds is 4. The minimum atomic E-state index is 0.442. The number of benzene rings is 1.